The summed E-state index contributed by atoms with van der Waals surface area (Å²) in [6.07, 6.45) is 5.21. The average molecular weight is 284 g/mol. The van der Waals surface area contributed by atoms with Gasteiger partial charge in [-0.05, 0) is 19.9 Å². The molecule has 0 atom stereocenters. The number of hydrogen-bond acceptors (Lipinski definition) is 4. The number of aryl methyl sites for hydroxylation is 1. The van der Waals surface area contributed by atoms with Crippen LogP contribution in [-0.4, -0.2) is 30.3 Å². The number of nitrogens with one attached hydrogen (secondary N) is 1. The number of amides is 1. The zero-order valence-corrected chi connectivity index (χ0v) is 11.9. The third kappa shape index (κ3) is 2.49. The van der Waals surface area contributed by atoms with Crippen molar-refractivity contribution in [2.45, 2.75) is 26.9 Å². The number of rotatable bonds is 4. The zero-order chi connectivity index (χ0) is 14.8. The van der Waals surface area contributed by atoms with E-state index in [1.165, 1.54) is 0 Å². The number of nitrogens with zero attached hydrogens (tertiary/aromatic N) is 5. The molecular weight excluding hydrogens is 268 g/mol. The lowest BCUT2D eigenvalue weighted by molar-refractivity contribution is 0.0945. The van der Waals surface area contributed by atoms with Crippen LogP contribution >= 0.6 is 0 Å². The maximum Gasteiger partial charge on any atom is 0.272 e. The molecule has 3 aromatic heterocycles. The predicted octanol–water partition coefficient (Wildman–Crippen LogP) is 1.18. The van der Waals surface area contributed by atoms with Gasteiger partial charge in [-0.2, -0.15) is 10.2 Å². The van der Waals surface area contributed by atoms with Crippen molar-refractivity contribution in [1.29, 1.82) is 0 Å². The fraction of sp³-hybridized carbons (Fsp3) is 0.286. The first-order chi connectivity index (χ1) is 10.2. The summed E-state index contributed by atoms with van der Waals surface area (Å²) in [5.41, 5.74) is 3.08. The first-order valence-corrected chi connectivity index (χ1v) is 6.79. The minimum atomic E-state index is -0.218. The first kappa shape index (κ1) is 13.3. The molecule has 0 saturated heterocycles. The Hall–Kier alpha value is -2.70. The zero-order valence-electron chi connectivity index (χ0n) is 11.9. The van der Waals surface area contributed by atoms with Gasteiger partial charge in [-0.15, -0.1) is 0 Å². The van der Waals surface area contributed by atoms with Crippen molar-refractivity contribution in [2.75, 3.05) is 0 Å². The van der Waals surface area contributed by atoms with Gasteiger partial charge < -0.3 is 5.32 Å². The number of aromatic nitrogens is 5. The van der Waals surface area contributed by atoms with E-state index in [0.717, 1.165) is 17.8 Å². The van der Waals surface area contributed by atoms with Gasteiger partial charge in [0.15, 0.2) is 11.3 Å². The summed E-state index contributed by atoms with van der Waals surface area (Å²) in [6.45, 7) is 5.28. The molecular formula is C14H16N6O. The Bertz CT molecular complexity index is 755. The monoisotopic (exact) mass is 284 g/mol. The van der Waals surface area contributed by atoms with Crippen LogP contribution in [0, 0.1) is 6.92 Å². The lowest BCUT2D eigenvalue weighted by Gasteiger charge is -2.03. The molecule has 0 aromatic carbocycles. The summed E-state index contributed by atoms with van der Waals surface area (Å²) >= 11 is 0. The van der Waals surface area contributed by atoms with Crippen LogP contribution in [0.2, 0.25) is 0 Å². The van der Waals surface area contributed by atoms with Crippen LogP contribution in [0.15, 0.2) is 30.7 Å². The Morgan fingerprint density at radius 1 is 1.43 bits per heavy atom. The van der Waals surface area contributed by atoms with Crippen LogP contribution in [0.25, 0.3) is 5.65 Å². The second kappa shape index (κ2) is 5.35. The molecule has 3 aromatic rings. The molecule has 0 saturated carbocycles. The summed E-state index contributed by atoms with van der Waals surface area (Å²) in [6, 6.07) is 3.43. The number of carbonyl (C=O) groups is 1. The smallest absolute Gasteiger partial charge is 0.272 e. The van der Waals surface area contributed by atoms with Crippen molar-refractivity contribution >= 4 is 11.6 Å². The van der Waals surface area contributed by atoms with Crippen molar-refractivity contribution in [3.05, 3.63) is 47.7 Å². The topological polar surface area (TPSA) is 77.1 Å². The highest BCUT2D eigenvalue weighted by Crippen LogP contribution is 2.07. The third-order valence-electron chi connectivity index (χ3n) is 3.41. The van der Waals surface area contributed by atoms with Crippen molar-refractivity contribution in [2.24, 2.45) is 0 Å². The van der Waals surface area contributed by atoms with Gasteiger partial charge in [-0.25, -0.2) is 9.50 Å². The standard InChI is InChI=1S/C14H16N6O/c1-3-19-10(2)11(9-17-19)8-16-14(21)12-7-13-15-5-4-6-20(13)18-12/h4-7,9H,3,8H2,1-2H3,(H,16,21). The number of carbonyl (C=O) groups excluding carboxylic acids is 1. The molecule has 0 radical (unpaired) electrons. The van der Waals surface area contributed by atoms with Gasteiger partial charge in [0.2, 0.25) is 0 Å². The molecule has 0 bridgehead atoms. The first-order valence-electron chi connectivity index (χ1n) is 6.79. The molecule has 7 nitrogen and oxygen atoms in total. The van der Waals surface area contributed by atoms with Crippen LogP contribution in [0.1, 0.15) is 28.7 Å². The van der Waals surface area contributed by atoms with E-state index in [1.54, 1.807) is 35.2 Å². The van der Waals surface area contributed by atoms with Crippen molar-refractivity contribution in [1.82, 2.24) is 29.7 Å². The Morgan fingerprint density at radius 3 is 3.00 bits per heavy atom. The number of fused-ring (bicyclic) bond motifs is 1. The van der Waals surface area contributed by atoms with E-state index in [1.807, 2.05) is 18.5 Å². The Balaban J connectivity index is 1.72. The molecule has 1 amide bonds. The minimum Gasteiger partial charge on any atom is -0.346 e. The summed E-state index contributed by atoms with van der Waals surface area (Å²) < 4.78 is 3.48. The molecule has 0 aliphatic rings. The highest BCUT2D eigenvalue weighted by Gasteiger charge is 2.12. The third-order valence-corrected chi connectivity index (χ3v) is 3.41. The summed E-state index contributed by atoms with van der Waals surface area (Å²) in [5.74, 6) is -0.218. The van der Waals surface area contributed by atoms with E-state index < -0.39 is 0 Å². The van der Waals surface area contributed by atoms with Gasteiger partial charge in [0.25, 0.3) is 5.91 Å². The van der Waals surface area contributed by atoms with E-state index in [-0.39, 0.29) is 5.91 Å². The molecule has 0 fully saturated rings. The van der Waals surface area contributed by atoms with E-state index in [4.69, 9.17) is 0 Å². The van der Waals surface area contributed by atoms with Gasteiger partial charge in [0.05, 0.1) is 6.20 Å². The van der Waals surface area contributed by atoms with Crippen LogP contribution in [0.3, 0.4) is 0 Å². The van der Waals surface area contributed by atoms with Gasteiger partial charge in [0, 0.05) is 42.8 Å². The average Bonchev–Trinajstić information content (AvgIpc) is 3.08. The lowest BCUT2D eigenvalue weighted by Crippen LogP contribution is -2.23. The minimum absolute atomic E-state index is 0.218. The molecule has 21 heavy (non-hydrogen) atoms. The highest BCUT2D eigenvalue weighted by atomic mass is 16.1. The van der Waals surface area contributed by atoms with Crippen LogP contribution in [0.4, 0.5) is 0 Å². The van der Waals surface area contributed by atoms with E-state index >= 15 is 0 Å². The van der Waals surface area contributed by atoms with E-state index in [0.29, 0.717) is 17.9 Å². The van der Waals surface area contributed by atoms with Gasteiger partial charge in [-0.3, -0.25) is 9.48 Å². The van der Waals surface area contributed by atoms with E-state index in [9.17, 15) is 4.79 Å². The normalized spacial score (nSPS) is 11.0. The molecule has 3 rings (SSSR count). The molecule has 0 spiro atoms. The molecule has 0 aliphatic carbocycles. The molecule has 0 aliphatic heterocycles. The fourth-order valence-electron chi connectivity index (χ4n) is 2.18. The van der Waals surface area contributed by atoms with Crippen molar-refractivity contribution in [3.63, 3.8) is 0 Å². The van der Waals surface area contributed by atoms with Gasteiger partial charge in [-0.1, -0.05) is 0 Å². The van der Waals surface area contributed by atoms with Crippen LogP contribution in [0.5, 0.6) is 0 Å². The second-order valence-corrected chi connectivity index (χ2v) is 4.71. The Morgan fingerprint density at radius 2 is 2.29 bits per heavy atom. The highest BCUT2D eigenvalue weighted by molar-refractivity contribution is 5.93. The van der Waals surface area contributed by atoms with Gasteiger partial charge in [0.1, 0.15) is 0 Å². The van der Waals surface area contributed by atoms with Crippen molar-refractivity contribution in [3.8, 4) is 0 Å². The van der Waals surface area contributed by atoms with E-state index in [2.05, 4.69) is 20.5 Å². The predicted molar refractivity (Wildman–Crippen MR) is 76.8 cm³/mol. The summed E-state index contributed by atoms with van der Waals surface area (Å²) in [7, 11) is 0. The van der Waals surface area contributed by atoms with Crippen LogP contribution in [-0.2, 0) is 13.1 Å². The van der Waals surface area contributed by atoms with Crippen molar-refractivity contribution < 1.29 is 4.79 Å². The summed E-state index contributed by atoms with van der Waals surface area (Å²) in [4.78, 5) is 16.3. The Labute approximate surface area is 121 Å². The molecule has 108 valence electrons. The number of hydrogen-bond donors (Lipinski definition) is 1. The summed E-state index contributed by atoms with van der Waals surface area (Å²) in [5, 5.41) is 11.3. The molecule has 0 unspecified atom stereocenters. The maximum absolute atomic E-state index is 12.1. The quantitative estimate of drug-likeness (QED) is 0.780. The van der Waals surface area contributed by atoms with Crippen LogP contribution < -0.4 is 5.32 Å². The second-order valence-electron chi connectivity index (χ2n) is 4.71. The Kier molecular flexibility index (Phi) is 3.39. The molecule has 1 N–H and O–H groups in total. The van der Waals surface area contributed by atoms with Gasteiger partial charge >= 0.3 is 0 Å². The SMILES string of the molecule is CCn1ncc(CNC(=O)c2cc3ncccn3n2)c1C. The molecule has 3 heterocycles. The lowest BCUT2D eigenvalue weighted by atomic mass is 10.2. The molecule has 7 heteroatoms. The maximum atomic E-state index is 12.1. The fourth-order valence-corrected chi connectivity index (χ4v) is 2.18. The largest absolute Gasteiger partial charge is 0.346 e.